The van der Waals surface area contributed by atoms with E-state index in [1.54, 1.807) is 7.11 Å². The molecule has 2 rings (SSSR count). The summed E-state index contributed by atoms with van der Waals surface area (Å²) in [5.74, 6) is 1.77. The van der Waals surface area contributed by atoms with Crippen molar-refractivity contribution in [3.63, 3.8) is 0 Å². The fourth-order valence-corrected chi connectivity index (χ4v) is 2.09. The predicted octanol–water partition coefficient (Wildman–Crippen LogP) is 2.54. The summed E-state index contributed by atoms with van der Waals surface area (Å²) in [6.07, 6.45) is 3.59. The van der Waals surface area contributed by atoms with Crippen molar-refractivity contribution in [1.29, 1.82) is 0 Å². The lowest BCUT2D eigenvalue weighted by Crippen LogP contribution is -2.18. The number of nitrogens with one attached hydrogen (secondary N) is 1. The minimum absolute atomic E-state index is 0.0999. The predicted molar refractivity (Wildman–Crippen MR) is 77.3 cm³/mol. The van der Waals surface area contributed by atoms with Crippen molar-refractivity contribution in [3.05, 3.63) is 35.8 Å². The number of rotatable bonds is 5. The van der Waals surface area contributed by atoms with Crippen molar-refractivity contribution in [2.24, 2.45) is 5.73 Å². The number of imidazole rings is 1. The highest BCUT2D eigenvalue weighted by atomic mass is 16.5. The van der Waals surface area contributed by atoms with Crippen LogP contribution >= 0.6 is 0 Å². The van der Waals surface area contributed by atoms with E-state index >= 15 is 0 Å². The van der Waals surface area contributed by atoms with Crippen LogP contribution in [0.25, 0.3) is 11.3 Å². The van der Waals surface area contributed by atoms with Crippen LogP contribution < -0.4 is 10.5 Å². The molecule has 3 N–H and O–H groups in total. The number of H-pyrrole nitrogens is 1. The van der Waals surface area contributed by atoms with Gasteiger partial charge in [-0.3, -0.25) is 0 Å². The second kappa shape index (κ2) is 5.89. The minimum atomic E-state index is 0.0999. The first-order valence-corrected chi connectivity index (χ1v) is 6.60. The number of nitrogens with two attached hydrogens (primary N) is 1. The highest BCUT2D eigenvalue weighted by Gasteiger charge is 2.10. The fourth-order valence-electron chi connectivity index (χ4n) is 2.09. The Morgan fingerprint density at radius 1 is 1.42 bits per heavy atom. The average molecular weight is 259 g/mol. The van der Waals surface area contributed by atoms with E-state index in [9.17, 15) is 0 Å². The zero-order chi connectivity index (χ0) is 13.8. The molecule has 4 heteroatoms. The molecule has 1 aromatic heterocycles. The maximum atomic E-state index is 5.79. The molecule has 1 unspecified atom stereocenters. The molecule has 0 amide bonds. The van der Waals surface area contributed by atoms with E-state index in [1.807, 2.05) is 19.2 Å². The molecule has 0 spiro atoms. The molecule has 0 aliphatic carbocycles. The van der Waals surface area contributed by atoms with E-state index in [0.29, 0.717) is 0 Å². The van der Waals surface area contributed by atoms with Crippen LogP contribution in [0.2, 0.25) is 0 Å². The van der Waals surface area contributed by atoms with Crippen LogP contribution in [0.3, 0.4) is 0 Å². The average Bonchev–Trinajstić information content (AvgIpc) is 2.85. The number of aromatic nitrogens is 2. The number of aromatic amines is 1. The van der Waals surface area contributed by atoms with E-state index in [2.05, 4.69) is 29.0 Å². The van der Waals surface area contributed by atoms with Crippen molar-refractivity contribution >= 4 is 0 Å². The molecule has 0 aliphatic heterocycles. The molecule has 0 aliphatic rings. The van der Waals surface area contributed by atoms with Gasteiger partial charge in [0, 0.05) is 18.0 Å². The van der Waals surface area contributed by atoms with Crippen LogP contribution in [0.5, 0.6) is 5.75 Å². The number of methoxy groups -OCH3 is 1. The van der Waals surface area contributed by atoms with Gasteiger partial charge in [-0.05, 0) is 31.0 Å². The quantitative estimate of drug-likeness (QED) is 0.867. The van der Waals surface area contributed by atoms with Crippen LogP contribution in [0.4, 0.5) is 0 Å². The number of hydrogen-bond donors (Lipinski definition) is 2. The molecule has 0 saturated heterocycles. The Morgan fingerprint density at radius 2 is 2.21 bits per heavy atom. The second-order valence-electron chi connectivity index (χ2n) is 4.81. The molecule has 0 saturated carbocycles. The largest absolute Gasteiger partial charge is 0.496 e. The molecule has 4 nitrogen and oxygen atoms in total. The lowest BCUT2D eigenvalue weighted by molar-refractivity contribution is 0.416. The van der Waals surface area contributed by atoms with Gasteiger partial charge in [0.25, 0.3) is 0 Å². The third-order valence-electron chi connectivity index (χ3n) is 3.11. The Balaban J connectivity index is 2.36. The molecule has 102 valence electrons. The Bertz CT molecular complexity index is 546. The van der Waals surface area contributed by atoms with Gasteiger partial charge in [0.1, 0.15) is 11.6 Å². The van der Waals surface area contributed by atoms with Crippen LogP contribution in [-0.4, -0.2) is 23.1 Å². The first kappa shape index (κ1) is 13.6. The Kier molecular flexibility index (Phi) is 4.22. The van der Waals surface area contributed by atoms with Crippen LogP contribution in [0.1, 0.15) is 25.2 Å². The van der Waals surface area contributed by atoms with Crippen molar-refractivity contribution in [1.82, 2.24) is 9.97 Å². The molecule has 2 aromatic rings. The molecular weight excluding hydrogens is 238 g/mol. The summed E-state index contributed by atoms with van der Waals surface area (Å²) in [7, 11) is 1.68. The Morgan fingerprint density at radius 3 is 2.84 bits per heavy atom. The van der Waals surface area contributed by atoms with Gasteiger partial charge in [-0.25, -0.2) is 4.98 Å². The van der Waals surface area contributed by atoms with Crippen molar-refractivity contribution in [2.75, 3.05) is 7.11 Å². The number of aryl methyl sites for hydroxylation is 1. The summed E-state index contributed by atoms with van der Waals surface area (Å²) < 4.78 is 5.42. The van der Waals surface area contributed by atoms with Gasteiger partial charge < -0.3 is 15.5 Å². The maximum absolute atomic E-state index is 5.79. The summed E-state index contributed by atoms with van der Waals surface area (Å²) in [6.45, 7) is 4.11. The molecule has 0 bridgehead atoms. The highest BCUT2D eigenvalue weighted by molar-refractivity contribution is 5.67. The number of nitrogens with zero attached hydrogens (tertiary/aromatic N) is 1. The van der Waals surface area contributed by atoms with Crippen LogP contribution in [0.15, 0.2) is 24.4 Å². The molecule has 19 heavy (non-hydrogen) atoms. The smallest absolute Gasteiger partial charge is 0.128 e. The van der Waals surface area contributed by atoms with E-state index < -0.39 is 0 Å². The summed E-state index contributed by atoms with van der Waals surface area (Å²) in [6, 6.07) is 6.33. The summed E-state index contributed by atoms with van der Waals surface area (Å²) >= 11 is 0. The third kappa shape index (κ3) is 3.15. The van der Waals surface area contributed by atoms with Crippen molar-refractivity contribution in [2.45, 2.75) is 32.7 Å². The monoisotopic (exact) mass is 259 g/mol. The van der Waals surface area contributed by atoms with E-state index in [1.165, 1.54) is 5.56 Å². The molecule has 1 aromatic carbocycles. The van der Waals surface area contributed by atoms with Gasteiger partial charge in [-0.2, -0.15) is 0 Å². The first-order valence-electron chi connectivity index (χ1n) is 6.60. The van der Waals surface area contributed by atoms with Crippen molar-refractivity contribution < 1.29 is 4.74 Å². The van der Waals surface area contributed by atoms with Crippen LogP contribution in [0, 0.1) is 0 Å². The van der Waals surface area contributed by atoms with E-state index in [-0.39, 0.29) is 6.04 Å². The third-order valence-corrected chi connectivity index (χ3v) is 3.11. The normalized spacial score (nSPS) is 12.4. The van der Waals surface area contributed by atoms with E-state index in [4.69, 9.17) is 10.5 Å². The zero-order valence-electron chi connectivity index (χ0n) is 11.7. The Hall–Kier alpha value is -1.81. The first-order chi connectivity index (χ1) is 9.13. The molecule has 0 radical (unpaired) electrons. The molecule has 1 atom stereocenters. The minimum Gasteiger partial charge on any atom is -0.496 e. The lowest BCUT2D eigenvalue weighted by atomic mass is 10.1. The number of ether oxygens (including phenoxy) is 1. The summed E-state index contributed by atoms with van der Waals surface area (Å²) in [5, 5.41) is 0. The molecule has 1 heterocycles. The van der Waals surface area contributed by atoms with Gasteiger partial charge in [-0.1, -0.05) is 13.0 Å². The SMILES string of the molecule is CCc1ccc(OC)c(-c2cnc(CC(C)N)[nH]2)c1. The molecule has 0 fully saturated rings. The van der Waals surface area contributed by atoms with Crippen molar-refractivity contribution in [3.8, 4) is 17.0 Å². The number of benzene rings is 1. The zero-order valence-corrected chi connectivity index (χ0v) is 11.7. The standard InChI is InChI=1S/C15H21N3O/c1-4-11-5-6-14(19-3)12(8-11)13-9-17-15(18-13)7-10(2)16/h5-6,8-10H,4,7,16H2,1-3H3,(H,17,18). The maximum Gasteiger partial charge on any atom is 0.128 e. The lowest BCUT2D eigenvalue weighted by Gasteiger charge is -2.08. The topological polar surface area (TPSA) is 63.9 Å². The summed E-state index contributed by atoms with van der Waals surface area (Å²) in [5.41, 5.74) is 9.09. The highest BCUT2D eigenvalue weighted by Crippen LogP contribution is 2.30. The van der Waals surface area contributed by atoms with Gasteiger partial charge in [0.05, 0.1) is 19.0 Å². The summed E-state index contributed by atoms with van der Waals surface area (Å²) in [4.78, 5) is 7.69. The number of hydrogen-bond acceptors (Lipinski definition) is 3. The van der Waals surface area contributed by atoms with Gasteiger partial charge in [0.2, 0.25) is 0 Å². The van der Waals surface area contributed by atoms with Gasteiger partial charge >= 0.3 is 0 Å². The van der Waals surface area contributed by atoms with Gasteiger partial charge in [0.15, 0.2) is 0 Å². The molecular formula is C15H21N3O. The van der Waals surface area contributed by atoms with Crippen LogP contribution in [-0.2, 0) is 12.8 Å². The van der Waals surface area contributed by atoms with Gasteiger partial charge in [-0.15, -0.1) is 0 Å². The fraction of sp³-hybridized carbons (Fsp3) is 0.400. The Labute approximate surface area is 114 Å². The second-order valence-corrected chi connectivity index (χ2v) is 4.81. The van der Waals surface area contributed by atoms with E-state index in [0.717, 1.165) is 35.7 Å².